The molecule has 0 bridgehead atoms. The first-order valence-corrected chi connectivity index (χ1v) is 10.8. The molecule has 0 saturated carbocycles. The maximum absolute atomic E-state index is 13.4. The van der Waals surface area contributed by atoms with Crippen LogP contribution in [0.4, 0.5) is 0 Å². The predicted octanol–water partition coefficient (Wildman–Crippen LogP) is 4.41. The van der Waals surface area contributed by atoms with Crippen molar-refractivity contribution in [2.45, 2.75) is 33.4 Å². The molecule has 162 valence electrons. The summed E-state index contributed by atoms with van der Waals surface area (Å²) in [5, 5.41) is 0. The van der Waals surface area contributed by atoms with Gasteiger partial charge in [-0.1, -0.05) is 55.0 Å². The lowest BCUT2D eigenvalue weighted by atomic mass is 10.1. The van der Waals surface area contributed by atoms with E-state index in [4.69, 9.17) is 0 Å². The van der Waals surface area contributed by atoms with Gasteiger partial charge in [0.25, 0.3) is 5.91 Å². The van der Waals surface area contributed by atoms with Gasteiger partial charge in [0.2, 0.25) is 5.91 Å². The first-order valence-electron chi connectivity index (χ1n) is 10.8. The number of rotatable bonds is 9. The van der Waals surface area contributed by atoms with Crippen molar-refractivity contribution in [1.29, 1.82) is 0 Å². The van der Waals surface area contributed by atoms with Crippen molar-refractivity contribution in [3.8, 4) is 0 Å². The molecule has 0 saturated heterocycles. The summed E-state index contributed by atoms with van der Waals surface area (Å²) in [6, 6.07) is 21.5. The molecule has 5 heteroatoms. The van der Waals surface area contributed by atoms with E-state index in [-0.39, 0.29) is 18.4 Å². The van der Waals surface area contributed by atoms with Gasteiger partial charge in [-0.15, -0.1) is 0 Å². The van der Waals surface area contributed by atoms with Crippen LogP contribution in [0, 0.1) is 6.92 Å². The van der Waals surface area contributed by atoms with Crippen molar-refractivity contribution in [2.24, 2.45) is 7.05 Å². The summed E-state index contributed by atoms with van der Waals surface area (Å²) in [5.74, 6) is -0.160. The van der Waals surface area contributed by atoms with Crippen molar-refractivity contribution in [2.75, 3.05) is 13.1 Å². The van der Waals surface area contributed by atoms with Gasteiger partial charge in [0.1, 0.15) is 6.54 Å². The van der Waals surface area contributed by atoms with E-state index in [0.717, 1.165) is 23.2 Å². The summed E-state index contributed by atoms with van der Waals surface area (Å²) in [4.78, 5) is 30.0. The smallest absolute Gasteiger partial charge is 0.254 e. The monoisotopic (exact) mass is 417 g/mol. The van der Waals surface area contributed by atoms with Crippen LogP contribution in [0.5, 0.6) is 0 Å². The van der Waals surface area contributed by atoms with Crippen LogP contribution in [0.2, 0.25) is 0 Å². The molecule has 2 aromatic carbocycles. The molecule has 0 N–H and O–H groups in total. The van der Waals surface area contributed by atoms with Gasteiger partial charge in [0.05, 0.1) is 6.54 Å². The number of aromatic nitrogens is 1. The van der Waals surface area contributed by atoms with Crippen LogP contribution in [0.3, 0.4) is 0 Å². The summed E-state index contributed by atoms with van der Waals surface area (Å²) < 4.78 is 2.02. The molecule has 31 heavy (non-hydrogen) atoms. The van der Waals surface area contributed by atoms with Crippen molar-refractivity contribution < 1.29 is 9.59 Å². The van der Waals surface area contributed by atoms with Gasteiger partial charge in [-0.2, -0.15) is 0 Å². The molecule has 3 rings (SSSR count). The number of benzene rings is 2. The Balaban J connectivity index is 1.79. The highest BCUT2D eigenvalue weighted by molar-refractivity contribution is 5.96. The lowest BCUT2D eigenvalue weighted by molar-refractivity contribution is -0.133. The van der Waals surface area contributed by atoms with E-state index in [0.29, 0.717) is 25.2 Å². The average molecular weight is 418 g/mol. The van der Waals surface area contributed by atoms with Crippen LogP contribution in [-0.2, 0) is 24.9 Å². The quantitative estimate of drug-likeness (QED) is 0.518. The molecule has 0 aliphatic rings. The zero-order valence-corrected chi connectivity index (χ0v) is 18.6. The Morgan fingerprint density at radius 2 is 1.58 bits per heavy atom. The van der Waals surface area contributed by atoms with E-state index < -0.39 is 0 Å². The van der Waals surface area contributed by atoms with Crippen molar-refractivity contribution in [1.82, 2.24) is 14.4 Å². The summed E-state index contributed by atoms with van der Waals surface area (Å²) >= 11 is 0. The van der Waals surface area contributed by atoms with Crippen LogP contribution in [0.1, 0.15) is 40.5 Å². The Morgan fingerprint density at radius 3 is 2.19 bits per heavy atom. The number of carbonyl (C=O) groups excluding carboxylic acids is 2. The lowest BCUT2D eigenvalue weighted by Crippen LogP contribution is -2.43. The van der Waals surface area contributed by atoms with Crippen molar-refractivity contribution in [3.63, 3.8) is 0 Å². The summed E-state index contributed by atoms with van der Waals surface area (Å²) in [5.41, 5.74) is 3.84. The first kappa shape index (κ1) is 22.3. The number of hydrogen-bond donors (Lipinski definition) is 0. The Hall–Kier alpha value is -3.34. The highest BCUT2D eigenvalue weighted by Crippen LogP contribution is 2.13. The predicted molar refractivity (Wildman–Crippen MR) is 123 cm³/mol. The molecule has 2 amide bonds. The van der Waals surface area contributed by atoms with Gasteiger partial charge in [-0.25, -0.2) is 0 Å². The molecule has 0 aliphatic heterocycles. The van der Waals surface area contributed by atoms with Gasteiger partial charge >= 0.3 is 0 Å². The number of hydrogen-bond acceptors (Lipinski definition) is 2. The number of nitrogens with zero attached hydrogens (tertiary/aromatic N) is 3. The maximum Gasteiger partial charge on any atom is 0.254 e. The zero-order chi connectivity index (χ0) is 22.2. The van der Waals surface area contributed by atoms with E-state index in [1.54, 1.807) is 4.90 Å². The highest BCUT2D eigenvalue weighted by Gasteiger charge is 2.22. The summed E-state index contributed by atoms with van der Waals surface area (Å²) in [6.07, 6.45) is 2.77. The van der Waals surface area contributed by atoms with Gasteiger partial charge in [-0.3, -0.25) is 9.59 Å². The van der Waals surface area contributed by atoms with Crippen LogP contribution in [0.25, 0.3) is 0 Å². The van der Waals surface area contributed by atoms with Gasteiger partial charge in [0, 0.05) is 37.6 Å². The zero-order valence-electron chi connectivity index (χ0n) is 18.6. The molecule has 3 aromatic rings. The second-order valence-electron chi connectivity index (χ2n) is 7.94. The Morgan fingerprint density at radius 1 is 0.871 bits per heavy atom. The standard InChI is InChI=1S/C26H31N3O2/c1-4-16-28(26(31)23-14-12-21(2)13-15-23)20-25(30)29(18-22-9-6-5-7-10-22)19-24-11-8-17-27(24)3/h5-15,17H,4,16,18-20H2,1-3H3. The van der Waals surface area contributed by atoms with Crippen LogP contribution in [0.15, 0.2) is 72.9 Å². The minimum absolute atomic E-state index is 0.0565. The molecule has 1 aromatic heterocycles. The minimum Gasteiger partial charge on any atom is -0.353 e. The van der Waals surface area contributed by atoms with E-state index in [1.807, 2.05) is 103 Å². The van der Waals surface area contributed by atoms with Crippen LogP contribution in [-0.4, -0.2) is 39.3 Å². The van der Waals surface area contributed by atoms with Crippen molar-refractivity contribution >= 4 is 11.8 Å². The molecule has 0 atom stereocenters. The number of amides is 2. The van der Waals surface area contributed by atoms with E-state index in [9.17, 15) is 9.59 Å². The number of aryl methyl sites for hydroxylation is 2. The van der Waals surface area contributed by atoms with Crippen LogP contribution < -0.4 is 0 Å². The third kappa shape index (κ3) is 6.07. The summed E-state index contributed by atoms with van der Waals surface area (Å²) in [6.45, 7) is 5.62. The SMILES string of the molecule is CCCN(CC(=O)N(Cc1ccccc1)Cc1cccn1C)C(=O)c1ccc(C)cc1. The Bertz CT molecular complexity index is 993. The molecular formula is C26H31N3O2. The fourth-order valence-electron chi connectivity index (χ4n) is 3.56. The molecule has 1 heterocycles. The fourth-order valence-corrected chi connectivity index (χ4v) is 3.56. The highest BCUT2D eigenvalue weighted by atomic mass is 16.2. The second kappa shape index (κ2) is 10.6. The maximum atomic E-state index is 13.4. The molecule has 0 fully saturated rings. The first-order chi connectivity index (χ1) is 15.0. The topological polar surface area (TPSA) is 45.6 Å². The largest absolute Gasteiger partial charge is 0.353 e. The second-order valence-corrected chi connectivity index (χ2v) is 7.94. The minimum atomic E-state index is -0.103. The number of carbonyl (C=O) groups is 2. The molecule has 0 spiro atoms. The van der Waals surface area contributed by atoms with Gasteiger partial charge < -0.3 is 14.4 Å². The molecule has 0 radical (unpaired) electrons. The Kier molecular flexibility index (Phi) is 7.65. The summed E-state index contributed by atoms with van der Waals surface area (Å²) in [7, 11) is 1.98. The fraction of sp³-hybridized carbons (Fsp3) is 0.308. The lowest BCUT2D eigenvalue weighted by Gasteiger charge is -2.28. The van der Waals surface area contributed by atoms with Gasteiger partial charge in [-0.05, 0) is 43.2 Å². The molecular weight excluding hydrogens is 386 g/mol. The van der Waals surface area contributed by atoms with Crippen LogP contribution >= 0.6 is 0 Å². The van der Waals surface area contributed by atoms with E-state index >= 15 is 0 Å². The molecule has 5 nitrogen and oxygen atoms in total. The molecule has 0 aliphatic carbocycles. The third-order valence-corrected chi connectivity index (χ3v) is 5.38. The third-order valence-electron chi connectivity index (χ3n) is 5.38. The van der Waals surface area contributed by atoms with E-state index in [2.05, 4.69) is 0 Å². The Labute approximate surface area is 184 Å². The van der Waals surface area contributed by atoms with E-state index in [1.165, 1.54) is 0 Å². The normalized spacial score (nSPS) is 10.7. The van der Waals surface area contributed by atoms with Crippen molar-refractivity contribution in [3.05, 3.63) is 95.3 Å². The average Bonchev–Trinajstić information content (AvgIpc) is 3.18. The van der Waals surface area contributed by atoms with Gasteiger partial charge in [0.15, 0.2) is 0 Å². The molecule has 0 unspecified atom stereocenters.